The lowest BCUT2D eigenvalue weighted by Gasteiger charge is -2.36. The first kappa shape index (κ1) is 30.2. The molecule has 1 aliphatic heterocycles. The van der Waals surface area contributed by atoms with Crippen LogP contribution in [0.2, 0.25) is 0 Å². The Morgan fingerprint density at radius 2 is 1.79 bits per heavy atom. The van der Waals surface area contributed by atoms with E-state index in [9.17, 15) is 26.4 Å². The maximum absolute atomic E-state index is 14.7. The van der Waals surface area contributed by atoms with E-state index in [0.717, 1.165) is 44.0 Å². The van der Waals surface area contributed by atoms with Crippen molar-refractivity contribution in [3.8, 4) is 17.1 Å². The van der Waals surface area contributed by atoms with Gasteiger partial charge in [0.15, 0.2) is 9.84 Å². The van der Waals surface area contributed by atoms with E-state index in [0.29, 0.717) is 45.6 Å². The van der Waals surface area contributed by atoms with Gasteiger partial charge in [0, 0.05) is 48.6 Å². The van der Waals surface area contributed by atoms with E-state index in [1.54, 1.807) is 24.4 Å². The van der Waals surface area contributed by atoms with Crippen LogP contribution in [0.25, 0.3) is 22.3 Å². The van der Waals surface area contributed by atoms with Crippen LogP contribution in [0.15, 0.2) is 59.6 Å². The zero-order chi connectivity index (χ0) is 30.9. The van der Waals surface area contributed by atoms with Crippen molar-refractivity contribution >= 4 is 32.5 Å². The molecule has 4 aromatic rings. The highest BCUT2D eigenvalue weighted by Gasteiger charge is 2.24. The SMILES string of the molecule is C[C@@H]1C[C@H](C)CN(c2cc(F)cc(-c3ccc4cnc(CNC(=O)c5cc(OC(F)F)cc(S(C)(=O)=O)c5)cc4n3)n2)C1. The Balaban J connectivity index is 1.37. The van der Waals surface area contributed by atoms with E-state index in [1.807, 2.05) is 0 Å². The molecule has 0 saturated carbocycles. The van der Waals surface area contributed by atoms with Gasteiger partial charge in [-0.25, -0.2) is 22.8 Å². The van der Waals surface area contributed by atoms with E-state index in [-0.39, 0.29) is 17.0 Å². The van der Waals surface area contributed by atoms with E-state index in [4.69, 9.17) is 4.98 Å². The summed E-state index contributed by atoms with van der Waals surface area (Å²) >= 11 is 0. The average Bonchev–Trinajstić information content (AvgIpc) is 2.93. The Kier molecular flexibility index (Phi) is 8.54. The Hall–Kier alpha value is -4.26. The average molecular weight is 614 g/mol. The van der Waals surface area contributed by atoms with Gasteiger partial charge in [-0.15, -0.1) is 0 Å². The molecule has 5 rings (SSSR count). The number of aromatic nitrogens is 3. The molecule has 3 aromatic heterocycles. The number of fused-ring (bicyclic) bond motifs is 1. The standard InChI is InChI=1S/C30H30F3N5O4S/c1-17-6-18(2)16-38(15-17)28-10-21(31)9-27(37-28)25-5-4-19-13-34-22(11-26(19)36-25)14-35-29(39)20-7-23(42-30(32)33)12-24(8-20)43(3,40)41/h4-5,7-13,17-18,30H,6,14-16H2,1-3H3,(H,35,39)/t17-,18+. The molecule has 1 saturated heterocycles. The van der Waals surface area contributed by atoms with Gasteiger partial charge in [-0.3, -0.25) is 9.78 Å². The van der Waals surface area contributed by atoms with Crippen LogP contribution in [0.5, 0.6) is 5.75 Å². The summed E-state index contributed by atoms with van der Waals surface area (Å²) in [5.74, 6) is -0.0743. The molecular weight excluding hydrogens is 583 g/mol. The summed E-state index contributed by atoms with van der Waals surface area (Å²) in [7, 11) is -3.81. The molecule has 0 spiro atoms. The smallest absolute Gasteiger partial charge is 0.387 e. The van der Waals surface area contributed by atoms with Crippen LogP contribution in [-0.4, -0.2) is 55.2 Å². The molecule has 4 heterocycles. The van der Waals surface area contributed by atoms with Crippen LogP contribution in [0.1, 0.15) is 36.3 Å². The summed E-state index contributed by atoms with van der Waals surface area (Å²) in [5, 5.41) is 3.32. The number of pyridine rings is 3. The fourth-order valence-electron chi connectivity index (χ4n) is 5.28. The summed E-state index contributed by atoms with van der Waals surface area (Å²) in [6, 6.07) is 11.0. The number of halogens is 3. The first-order chi connectivity index (χ1) is 20.3. The number of carbonyl (C=O) groups excluding carboxylic acids is 1. The predicted molar refractivity (Wildman–Crippen MR) is 155 cm³/mol. The fourth-order valence-corrected chi connectivity index (χ4v) is 5.96. The number of nitrogens with zero attached hydrogens (tertiary/aromatic N) is 4. The summed E-state index contributed by atoms with van der Waals surface area (Å²) in [5.41, 5.74) is 1.65. The normalized spacial score (nSPS) is 17.3. The number of ether oxygens (including phenoxy) is 1. The lowest BCUT2D eigenvalue weighted by atomic mass is 9.92. The zero-order valence-electron chi connectivity index (χ0n) is 23.7. The van der Waals surface area contributed by atoms with Crippen LogP contribution < -0.4 is 15.0 Å². The lowest BCUT2D eigenvalue weighted by molar-refractivity contribution is -0.0500. The van der Waals surface area contributed by atoms with Gasteiger partial charge >= 0.3 is 6.61 Å². The maximum Gasteiger partial charge on any atom is 0.387 e. The number of carbonyl (C=O) groups is 1. The molecule has 43 heavy (non-hydrogen) atoms. The second kappa shape index (κ2) is 12.2. The Morgan fingerprint density at radius 3 is 2.49 bits per heavy atom. The molecule has 226 valence electrons. The van der Waals surface area contributed by atoms with Crippen LogP contribution in [0, 0.1) is 17.7 Å². The lowest BCUT2D eigenvalue weighted by Crippen LogP contribution is -2.39. The van der Waals surface area contributed by atoms with E-state index < -0.39 is 33.9 Å². The van der Waals surface area contributed by atoms with E-state index in [1.165, 1.54) is 12.1 Å². The van der Waals surface area contributed by atoms with Gasteiger partial charge in [-0.2, -0.15) is 8.78 Å². The minimum Gasteiger partial charge on any atom is -0.435 e. The molecule has 13 heteroatoms. The molecular formula is C30H30F3N5O4S. The van der Waals surface area contributed by atoms with Crippen LogP contribution in [0.3, 0.4) is 0 Å². The number of amides is 1. The molecule has 0 radical (unpaired) electrons. The minimum atomic E-state index is -3.81. The summed E-state index contributed by atoms with van der Waals surface area (Å²) in [4.78, 5) is 28.3. The molecule has 1 fully saturated rings. The number of sulfone groups is 1. The quantitative estimate of drug-likeness (QED) is 0.287. The highest BCUT2D eigenvalue weighted by molar-refractivity contribution is 7.90. The number of rotatable bonds is 8. The predicted octanol–water partition coefficient (Wildman–Crippen LogP) is 5.25. The number of anilines is 1. The third-order valence-electron chi connectivity index (χ3n) is 7.09. The van der Waals surface area contributed by atoms with Gasteiger partial charge in [0.1, 0.15) is 17.4 Å². The summed E-state index contributed by atoms with van der Waals surface area (Å²) < 4.78 is 68.6. The Morgan fingerprint density at radius 1 is 1.05 bits per heavy atom. The van der Waals surface area contributed by atoms with Gasteiger partial charge < -0.3 is 15.0 Å². The summed E-state index contributed by atoms with van der Waals surface area (Å²) in [6.45, 7) is 2.68. The molecule has 2 atom stereocenters. The van der Waals surface area contributed by atoms with E-state index in [2.05, 4.69) is 38.8 Å². The molecule has 0 unspecified atom stereocenters. The highest BCUT2D eigenvalue weighted by atomic mass is 32.2. The molecule has 1 N–H and O–H groups in total. The minimum absolute atomic E-state index is 0.0670. The van der Waals surface area contributed by atoms with Crippen molar-refractivity contribution < 1.29 is 31.1 Å². The Labute approximate surface area is 247 Å². The summed E-state index contributed by atoms with van der Waals surface area (Å²) in [6.07, 6.45) is 3.58. The molecule has 1 amide bonds. The third-order valence-corrected chi connectivity index (χ3v) is 8.18. The third kappa shape index (κ3) is 7.39. The molecule has 1 aliphatic rings. The second-order valence-corrected chi connectivity index (χ2v) is 13.0. The van der Waals surface area contributed by atoms with Gasteiger partial charge in [-0.1, -0.05) is 13.8 Å². The number of alkyl halides is 2. The van der Waals surface area contributed by atoms with Crippen LogP contribution in [-0.2, 0) is 16.4 Å². The first-order valence-corrected chi connectivity index (χ1v) is 15.5. The van der Waals surface area contributed by atoms with Crippen LogP contribution in [0.4, 0.5) is 19.0 Å². The first-order valence-electron chi connectivity index (χ1n) is 13.6. The number of piperidine rings is 1. The van der Waals surface area contributed by atoms with Crippen molar-refractivity contribution in [2.24, 2.45) is 11.8 Å². The number of benzene rings is 1. The van der Waals surface area contributed by atoms with Gasteiger partial charge in [-0.05, 0) is 54.7 Å². The van der Waals surface area contributed by atoms with Gasteiger partial charge in [0.2, 0.25) is 0 Å². The van der Waals surface area contributed by atoms with Crippen molar-refractivity contribution in [3.63, 3.8) is 0 Å². The van der Waals surface area contributed by atoms with Gasteiger partial charge in [0.05, 0.1) is 34.0 Å². The van der Waals surface area contributed by atoms with Crippen molar-refractivity contribution in [2.45, 2.75) is 38.3 Å². The fraction of sp³-hybridized carbons (Fsp3) is 0.333. The number of hydrogen-bond donors (Lipinski definition) is 1. The maximum atomic E-state index is 14.7. The van der Waals surface area contributed by atoms with Crippen LogP contribution >= 0.6 is 0 Å². The molecule has 0 aliphatic carbocycles. The van der Waals surface area contributed by atoms with Gasteiger partial charge in [0.25, 0.3) is 5.91 Å². The molecule has 0 bridgehead atoms. The monoisotopic (exact) mass is 613 g/mol. The second-order valence-electron chi connectivity index (χ2n) is 11.0. The zero-order valence-corrected chi connectivity index (χ0v) is 24.5. The molecule has 9 nitrogen and oxygen atoms in total. The van der Waals surface area contributed by atoms with Crippen molar-refractivity contribution in [2.75, 3.05) is 24.2 Å². The van der Waals surface area contributed by atoms with E-state index >= 15 is 0 Å². The highest BCUT2D eigenvalue weighted by Crippen LogP contribution is 2.29. The van der Waals surface area contributed by atoms with Crippen molar-refractivity contribution in [3.05, 3.63) is 71.8 Å². The number of nitrogens with one attached hydrogen (secondary N) is 1. The molecule has 1 aromatic carbocycles. The van der Waals surface area contributed by atoms with Crippen molar-refractivity contribution in [1.82, 2.24) is 20.3 Å². The topological polar surface area (TPSA) is 114 Å². The number of hydrogen-bond acceptors (Lipinski definition) is 8. The Bertz CT molecular complexity index is 1780. The van der Waals surface area contributed by atoms with Crippen molar-refractivity contribution in [1.29, 1.82) is 0 Å². The largest absolute Gasteiger partial charge is 0.435 e.